The first-order chi connectivity index (χ1) is 9.29. The molecular weight excluding hydrogens is 240 g/mol. The Bertz CT molecular complexity index is 772. The minimum absolute atomic E-state index is 0.338. The molecule has 3 aromatic rings. The topological polar surface area (TPSA) is 66.0 Å². The number of hydrogen-bond donors (Lipinski definition) is 0. The molecule has 3 rings (SSSR count). The molecule has 0 radical (unpaired) electrons. The Balaban J connectivity index is 2.08. The van der Waals surface area contributed by atoms with E-state index in [0.29, 0.717) is 11.5 Å². The van der Waals surface area contributed by atoms with Crippen LogP contribution in [0.3, 0.4) is 0 Å². The Morgan fingerprint density at radius 2 is 2.11 bits per heavy atom. The maximum absolute atomic E-state index is 8.87. The highest BCUT2D eigenvalue weighted by Crippen LogP contribution is 2.31. The number of nitriles is 1. The molecule has 19 heavy (non-hydrogen) atoms. The number of para-hydroxylation sites is 1. The molecule has 1 aromatic carbocycles. The van der Waals surface area contributed by atoms with E-state index in [0.717, 1.165) is 16.7 Å². The summed E-state index contributed by atoms with van der Waals surface area (Å²) in [7, 11) is 1.88. The Hall–Kier alpha value is -2.87. The predicted molar refractivity (Wildman–Crippen MR) is 71.0 cm³/mol. The minimum atomic E-state index is 0.338. The van der Waals surface area contributed by atoms with E-state index in [9.17, 15) is 0 Å². The summed E-state index contributed by atoms with van der Waals surface area (Å²) in [5.74, 6) is 0.651. The van der Waals surface area contributed by atoms with Crippen LogP contribution in [0.4, 0.5) is 11.5 Å². The number of furan rings is 1. The zero-order valence-electron chi connectivity index (χ0n) is 10.2. The van der Waals surface area contributed by atoms with Gasteiger partial charge in [0.25, 0.3) is 0 Å². The molecule has 92 valence electrons. The van der Waals surface area contributed by atoms with E-state index in [-0.39, 0.29) is 0 Å². The van der Waals surface area contributed by atoms with Crippen molar-refractivity contribution >= 4 is 22.5 Å². The van der Waals surface area contributed by atoms with Crippen LogP contribution in [-0.4, -0.2) is 17.0 Å². The lowest BCUT2D eigenvalue weighted by atomic mass is 10.2. The van der Waals surface area contributed by atoms with Crippen molar-refractivity contribution in [2.24, 2.45) is 0 Å². The fourth-order valence-electron chi connectivity index (χ4n) is 1.94. The monoisotopic (exact) mass is 250 g/mol. The quantitative estimate of drug-likeness (QED) is 0.699. The summed E-state index contributed by atoms with van der Waals surface area (Å²) >= 11 is 0. The van der Waals surface area contributed by atoms with E-state index in [1.165, 1.54) is 6.33 Å². The third-order valence-corrected chi connectivity index (χ3v) is 2.93. The van der Waals surface area contributed by atoms with Gasteiger partial charge in [-0.2, -0.15) is 5.26 Å². The van der Waals surface area contributed by atoms with E-state index >= 15 is 0 Å². The zero-order valence-corrected chi connectivity index (χ0v) is 10.2. The van der Waals surface area contributed by atoms with E-state index in [1.54, 1.807) is 12.3 Å². The fourth-order valence-corrected chi connectivity index (χ4v) is 1.94. The first-order valence-corrected chi connectivity index (χ1v) is 5.71. The molecule has 0 bridgehead atoms. The van der Waals surface area contributed by atoms with Crippen LogP contribution in [-0.2, 0) is 0 Å². The van der Waals surface area contributed by atoms with Crippen molar-refractivity contribution in [1.82, 2.24) is 9.97 Å². The Kier molecular flexibility index (Phi) is 2.62. The predicted octanol–water partition coefficient (Wildman–Crippen LogP) is 2.86. The average molecular weight is 250 g/mol. The van der Waals surface area contributed by atoms with E-state index in [2.05, 4.69) is 9.97 Å². The molecule has 5 nitrogen and oxygen atoms in total. The van der Waals surface area contributed by atoms with Crippen molar-refractivity contribution in [3.63, 3.8) is 0 Å². The van der Waals surface area contributed by atoms with Crippen molar-refractivity contribution in [2.45, 2.75) is 0 Å². The lowest BCUT2D eigenvalue weighted by Gasteiger charge is -2.16. The number of benzene rings is 1. The van der Waals surface area contributed by atoms with Crippen LogP contribution in [0.5, 0.6) is 0 Å². The van der Waals surface area contributed by atoms with E-state index in [1.807, 2.05) is 42.3 Å². The molecule has 2 aromatic heterocycles. The maximum Gasteiger partial charge on any atom is 0.145 e. The third-order valence-electron chi connectivity index (χ3n) is 2.93. The number of anilines is 2. The highest BCUT2D eigenvalue weighted by atomic mass is 16.3. The number of fused-ring (bicyclic) bond motifs is 1. The smallest absolute Gasteiger partial charge is 0.145 e. The number of rotatable bonds is 2. The first kappa shape index (κ1) is 11.2. The second-order valence-corrected chi connectivity index (χ2v) is 4.05. The molecule has 5 heteroatoms. The molecule has 0 aliphatic carbocycles. The summed E-state index contributed by atoms with van der Waals surface area (Å²) < 4.78 is 5.50. The van der Waals surface area contributed by atoms with Gasteiger partial charge in [-0.15, -0.1) is 0 Å². The summed E-state index contributed by atoms with van der Waals surface area (Å²) in [4.78, 5) is 9.90. The Labute approximate surface area is 109 Å². The summed E-state index contributed by atoms with van der Waals surface area (Å²) in [5, 5.41) is 9.87. The summed E-state index contributed by atoms with van der Waals surface area (Å²) in [6, 6.07) is 11.4. The molecule has 0 aliphatic heterocycles. The van der Waals surface area contributed by atoms with Gasteiger partial charge in [0.05, 0.1) is 5.69 Å². The maximum atomic E-state index is 8.87. The van der Waals surface area contributed by atoms with Crippen molar-refractivity contribution in [3.05, 3.63) is 48.6 Å². The average Bonchev–Trinajstić information content (AvgIpc) is 2.90. The highest BCUT2D eigenvalue weighted by Gasteiger charge is 2.12. The lowest BCUT2D eigenvalue weighted by molar-refractivity contribution is 0.616. The number of nitrogens with zero attached hydrogens (tertiary/aromatic N) is 4. The minimum Gasteiger partial charge on any atom is -0.462 e. The van der Waals surface area contributed by atoms with Crippen LogP contribution < -0.4 is 4.90 Å². The second kappa shape index (κ2) is 4.42. The van der Waals surface area contributed by atoms with Gasteiger partial charge in [-0.3, -0.25) is 0 Å². The van der Waals surface area contributed by atoms with Gasteiger partial charge in [-0.1, -0.05) is 12.1 Å². The molecule has 0 saturated heterocycles. The van der Waals surface area contributed by atoms with Gasteiger partial charge in [-0.05, 0) is 12.1 Å². The molecule has 0 saturated carbocycles. The standard InChI is InChI=1S/C14H10N4O/c1-18(14-6-10(7-15)16-9-17-14)12-8-19-13-5-3-2-4-11(12)13/h2-6,8-9H,1H3. The second-order valence-electron chi connectivity index (χ2n) is 4.05. The Morgan fingerprint density at radius 1 is 1.26 bits per heavy atom. The van der Waals surface area contributed by atoms with Crippen LogP contribution in [0, 0.1) is 11.3 Å². The van der Waals surface area contributed by atoms with Gasteiger partial charge in [-0.25, -0.2) is 9.97 Å². The van der Waals surface area contributed by atoms with Crippen molar-refractivity contribution in [2.75, 3.05) is 11.9 Å². The van der Waals surface area contributed by atoms with Gasteiger partial charge in [0.2, 0.25) is 0 Å². The largest absolute Gasteiger partial charge is 0.462 e. The molecule has 2 heterocycles. The van der Waals surface area contributed by atoms with Crippen LogP contribution >= 0.6 is 0 Å². The summed E-state index contributed by atoms with van der Waals surface area (Å²) in [6.45, 7) is 0. The normalized spacial score (nSPS) is 10.3. The summed E-state index contributed by atoms with van der Waals surface area (Å²) in [5.41, 5.74) is 2.06. The molecule has 0 unspecified atom stereocenters. The first-order valence-electron chi connectivity index (χ1n) is 5.71. The van der Waals surface area contributed by atoms with Gasteiger partial charge in [0.1, 0.15) is 35.8 Å². The zero-order chi connectivity index (χ0) is 13.2. The highest BCUT2D eigenvalue weighted by molar-refractivity contribution is 5.92. The van der Waals surface area contributed by atoms with Crippen LogP contribution in [0.15, 0.2) is 47.3 Å². The Morgan fingerprint density at radius 3 is 2.95 bits per heavy atom. The van der Waals surface area contributed by atoms with Gasteiger partial charge in [0, 0.05) is 18.5 Å². The molecule has 0 spiro atoms. The lowest BCUT2D eigenvalue weighted by Crippen LogP contribution is -2.11. The van der Waals surface area contributed by atoms with Crippen LogP contribution in [0.2, 0.25) is 0 Å². The van der Waals surface area contributed by atoms with Gasteiger partial charge < -0.3 is 9.32 Å². The van der Waals surface area contributed by atoms with Crippen molar-refractivity contribution < 1.29 is 4.42 Å². The molecule has 0 N–H and O–H groups in total. The van der Waals surface area contributed by atoms with E-state index < -0.39 is 0 Å². The summed E-state index contributed by atoms with van der Waals surface area (Å²) in [6.07, 6.45) is 3.06. The third kappa shape index (κ3) is 1.89. The van der Waals surface area contributed by atoms with Gasteiger partial charge >= 0.3 is 0 Å². The fraction of sp³-hybridized carbons (Fsp3) is 0.0714. The number of hydrogen-bond acceptors (Lipinski definition) is 5. The molecule has 0 fully saturated rings. The SMILES string of the molecule is CN(c1cc(C#N)ncn1)c1coc2ccccc12. The molecule has 0 atom stereocenters. The number of aromatic nitrogens is 2. The molecular formula is C14H10N4O. The molecule has 0 aliphatic rings. The van der Waals surface area contributed by atoms with Crippen molar-refractivity contribution in [3.8, 4) is 6.07 Å². The van der Waals surface area contributed by atoms with Gasteiger partial charge in [0.15, 0.2) is 0 Å². The van der Waals surface area contributed by atoms with Crippen LogP contribution in [0.25, 0.3) is 11.0 Å². The van der Waals surface area contributed by atoms with Crippen molar-refractivity contribution in [1.29, 1.82) is 5.26 Å². The molecule has 0 amide bonds. The van der Waals surface area contributed by atoms with Crippen LogP contribution in [0.1, 0.15) is 5.69 Å². The van der Waals surface area contributed by atoms with E-state index in [4.69, 9.17) is 9.68 Å².